The van der Waals surface area contributed by atoms with Crippen LogP contribution >= 0.6 is 0 Å². The highest BCUT2D eigenvalue weighted by Gasteiger charge is 2.37. The minimum Gasteiger partial charge on any atom is -0.460 e. The smallest absolute Gasteiger partial charge is 0.307 e. The lowest BCUT2D eigenvalue weighted by Crippen LogP contribution is -2.49. The van der Waals surface area contributed by atoms with Gasteiger partial charge in [0, 0.05) is 127 Å². The van der Waals surface area contributed by atoms with E-state index in [1.165, 1.54) is 12.8 Å². The standard InChI is InChI=1S/C24H43N3O4.C16H28N2O2.C10H19NO.C8H15NO/c1-6-19(26-15-10-12-22(26)29)17-20(27-14-9-7-8-11-21(27)28)18-24(2,3)31-23(30)13-16-25(4)5;1-3-14(18-11-7-9-16(18)20)12-13(2)17-10-6-4-5-8-15(17)19;1-3-9(2)11-8-6-4-5-7-10(11)12;1-3-7(2)9-6-4-5-8(9)10/h19-20H,6-18H2,1-5H3;13-14H,3-12H2,1-2H3;9H,3-8H2,1-2H3;7H,3-6H2,1-2H3. The van der Waals surface area contributed by atoms with Gasteiger partial charge in [0.05, 0.1) is 6.42 Å². The molecular weight excluding hydrogens is 923 g/mol. The van der Waals surface area contributed by atoms with Gasteiger partial charge in [-0.15, -0.1) is 0 Å². The lowest BCUT2D eigenvalue weighted by molar-refractivity contribution is -0.159. The second-order valence-corrected chi connectivity index (χ2v) is 22.9. The summed E-state index contributed by atoms with van der Waals surface area (Å²) in [5, 5.41) is 0. The van der Waals surface area contributed by atoms with Crippen LogP contribution in [0.2, 0.25) is 0 Å². The number of hydrogen-bond donors (Lipinski definition) is 0. The zero-order valence-electron chi connectivity index (χ0n) is 48.2. The molecule has 0 spiro atoms. The molecule has 6 heterocycles. The van der Waals surface area contributed by atoms with Gasteiger partial charge in [-0.05, 0) is 145 Å². The van der Waals surface area contributed by atoms with Crippen molar-refractivity contribution in [3.05, 3.63) is 0 Å². The number of rotatable bonds is 20. The molecule has 420 valence electrons. The van der Waals surface area contributed by atoms with Crippen LogP contribution < -0.4 is 0 Å². The number of hydrogen-bond acceptors (Lipinski definition) is 9. The molecule has 0 saturated carbocycles. The zero-order chi connectivity index (χ0) is 54.1. The third-order valence-electron chi connectivity index (χ3n) is 16.2. The number of carbonyl (C=O) groups is 7. The summed E-state index contributed by atoms with van der Waals surface area (Å²) in [6.45, 7) is 24.8. The van der Waals surface area contributed by atoms with E-state index in [0.29, 0.717) is 86.8 Å². The molecule has 0 bridgehead atoms. The second kappa shape index (κ2) is 33.3. The number of ether oxygens (including phenoxy) is 1. The van der Waals surface area contributed by atoms with Crippen LogP contribution in [-0.4, -0.2) is 177 Å². The Morgan fingerprint density at radius 3 is 1.16 bits per heavy atom. The Labute approximate surface area is 443 Å². The van der Waals surface area contributed by atoms with E-state index in [2.05, 4.69) is 53.4 Å². The van der Waals surface area contributed by atoms with Crippen molar-refractivity contribution in [2.24, 2.45) is 0 Å². The molecule has 15 nitrogen and oxygen atoms in total. The van der Waals surface area contributed by atoms with Crippen molar-refractivity contribution < 1.29 is 38.3 Å². The first-order valence-corrected chi connectivity index (χ1v) is 29.4. The van der Waals surface area contributed by atoms with Crippen LogP contribution in [0, 0.1) is 0 Å². The monoisotopic (exact) mass is 1030 g/mol. The first-order valence-electron chi connectivity index (χ1n) is 29.4. The van der Waals surface area contributed by atoms with Crippen molar-refractivity contribution >= 4 is 41.4 Å². The molecule has 6 rings (SSSR count). The van der Waals surface area contributed by atoms with Gasteiger partial charge in [0.1, 0.15) is 5.60 Å². The summed E-state index contributed by atoms with van der Waals surface area (Å²) in [5.41, 5.74) is -0.673. The fourth-order valence-corrected chi connectivity index (χ4v) is 11.5. The van der Waals surface area contributed by atoms with Gasteiger partial charge in [0.2, 0.25) is 35.4 Å². The van der Waals surface area contributed by atoms with Gasteiger partial charge in [0.25, 0.3) is 0 Å². The lowest BCUT2D eigenvalue weighted by atomic mass is 9.91. The van der Waals surface area contributed by atoms with Gasteiger partial charge in [0.15, 0.2) is 0 Å². The van der Waals surface area contributed by atoms with Crippen molar-refractivity contribution in [2.75, 3.05) is 59.9 Å². The van der Waals surface area contributed by atoms with Gasteiger partial charge >= 0.3 is 5.97 Å². The molecule has 0 aromatic carbocycles. The van der Waals surface area contributed by atoms with Crippen LogP contribution in [0.25, 0.3) is 0 Å². The molecule has 6 unspecified atom stereocenters. The second-order valence-electron chi connectivity index (χ2n) is 22.9. The van der Waals surface area contributed by atoms with Crippen molar-refractivity contribution in [1.82, 2.24) is 34.3 Å². The van der Waals surface area contributed by atoms with E-state index in [1.54, 1.807) is 0 Å². The normalized spacial score (nSPS) is 21.8. The molecule has 6 aliphatic rings. The van der Waals surface area contributed by atoms with E-state index >= 15 is 0 Å². The number of carbonyl (C=O) groups excluding carboxylic acids is 7. The molecular formula is C58H105N7O8. The molecule has 6 amide bonds. The molecule has 0 N–H and O–H groups in total. The van der Waals surface area contributed by atoms with Crippen LogP contribution in [0.5, 0.6) is 0 Å². The third kappa shape index (κ3) is 21.8. The molecule has 6 fully saturated rings. The Hall–Kier alpha value is -3.75. The Bertz CT molecular complexity index is 1710. The largest absolute Gasteiger partial charge is 0.460 e. The number of esters is 1. The van der Waals surface area contributed by atoms with Gasteiger partial charge in [-0.2, -0.15) is 0 Å². The quantitative estimate of drug-likeness (QED) is 0.109. The summed E-state index contributed by atoms with van der Waals surface area (Å²) in [6.07, 6.45) is 23.5. The molecule has 0 aromatic rings. The van der Waals surface area contributed by atoms with Crippen molar-refractivity contribution in [3.63, 3.8) is 0 Å². The highest BCUT2D eigenvalue weighted by atomic mass is 16.6. The summed E-state index contributed by atoms with van der Waals surface area (Å²) in [5.74, 6) is 1.52. The van der Waals surface area contributed by atoms with Gasteiger partial charge in [-0.3, -0.25) is 33.6 Å². The van der Waals surface area contributed by atoms with E-state index in [4.69, 9.17) is 4.74 Å². The van der Waals surface area contributed by atoms with Gasteiger partial charge in [-0.25, -0.2) is 0 Å². The van der Waals surface area contributed by atoms with Crippen molar-refractivity contribution in [2.45, 2.75) is 271 Å². The average Bonchev–Trinajstić information content (AvgIpc) is 3.96. The number of amides is 6. The molecule has 6 saturated heterocycles. The van der Waals surface area contributed by atoms with E-state index in [-0.39, 0.29) is 35.9 Å². The summed E-state index contributed by atoms with van der Waals surface area (Å²) in [7, 11) is 3.87. The van der Waals surface area contributed by atoms with Gasteiger partial charge in [-0.1, -0.05) is 47.0 Å². The zero-order valence-corrected chi connectivity index (χ0v) is 48.2. The SMILES string of the molecule is CCC(C)N1CCCC1=O.CCC(C)N1CCCCCC1=O.CCC(CC(C)N1CCCCCC1=O)N1CCCC1=O.CCC(CC(CC(C)(C)OC(=O)CCN(C)C)N1CCCCCC1=O)N1CCCC1=O. The maximum Gasteiger partial charge on any atom is 0.307 e. The minimum absolute atomic E-state index is 0.0411. The van der Waals surface area contributed by atoms with E-state index in [0.717, 1.165) is 155 Å². The lowest BCUT2D eigenvalue weighted by Gasteiger charge is -2.40. The molecule has 0 radical (unpaired) electrons. The predicted octanol–water partition coefficient (Wildman–Crippen LogP) is 9.38. The Balaban J connectivity index is 0.000000284. The van der Waals surface area contributed by atoms with Crippen molar-refractivity contribution in [1.29, 1.82) is 0 Å². The van der Waals surface area contributed by atoms with Crippen LogP contribution in [0.4, 0.5) is 0 Å². The summed E-state index contributed by atoms with van der Waals surface area (Å²) < 4.78 is 5.85. The van der Waals surface area contributed by atoms with Crippen LogP contribution in [0.1, 0.15) is 229 Å². The maximum atomic E-state index is 12.9. The van der Waals surface area contributed by atoms with E-state index in [9.17, 15) is 33.6 Å². The topological polar surface area (TPSA) is 151 Å². The predicted molar refractivity (Wildman–Crippen MR) is 291 cm³/mol. The highest BCUT2D eigenvalue weighted by Crippen LogP contribution is 2.30. The molecule has 6 atom stereocenters. The van der Waals surface area contributed by atoms with Crippen LogP contribution in [0.3, 0.4) is 0 Å². The summed E-state index contributed by atoms with van der Waals surface area (Å²) in [4.78, 5) is 98.5. The average molecular weight is 1030 g/mol. The molecule has 0 aromatic heterocycles. The van der Waals surface area contributed by atoms with Crippen LogP contribution in [-0.2, 0) is 38.3 Å². The fourth-order valence-electron chi connectivity index (χ4n) is 11.5. The third-order valence-corrected chi connectivity index (χ3v) is 16.2. The fraction of sp³-hybridized carbons (Fsp3) is 0.879. The van der Waals surface area contributed by atoms with Crippen molar-refractivity contribution in [3.8, 4) is 0 Å². The van der Waals surface area contributed by atoms with E-state index < -0.39 is 5.60 Å². The first kappa shape index (κ1) is 63.5. The number of likely N-dealkylation sites (tertiary alicyclic amines) is 6. The summed E-state index contributed by atoms with van der Waals surface area (Å²) in [6, 6.07) is 1.53. The maximum absolute atomic E-state index is 12.9. The molecule has 15 heteroatoms. The van der Waals surface area contributed by atoms with Gasteiger partial charge < -0.3 is 39.0 Å². The first-order chi connectivity index (χ1) is 34.8. The highest BCUT2D eigenvalue weighted by molar-refractivity contribution is 5.80. The summed E-state index contributed by atoms with van der Waals surface area (Å²) >= 11 is 0. The molecule has 73 heavy (non-hydrogen) atoms. The van der Waals surface area contributed by atoms with Crippen LogP contribution in [0.15, 0.2) is 0 Å². The Morgan fingerprint density at radius 2 is 0.781 bits per heavy atom. The Morgan fingerprint density at radius 1 is 0.452 bits per heavy atom. The number of nitrogens with zero attached hydrogens (tertiary/aromatic N) is 7. The van der Waals surface area contributed by atoms with E-state index in [1.807, 2.05) is 57.3 Å². The molecule has 0 aliphatic carbocycles. The Kier molecular flexibility index (Phi) is 29.0. The molecule has 6 aliphatic heterocycles. The minimum atomic E-state index is -0.673.